The number of benzene rings is 2. The molecule has 3 heterocycles. The maximum absolute atomic E-state index is 14.0. The number of aromatic nitrogens is 2. The molecule has 1 saturated heterocycles. The minimum absolute atomic E-state index is 0.0245. The third-order valence-electron chi connectivity index (χ3n) is 6.96. The molecule has 0 spiro atoms. The van der Waals surface area contributed by atoms with Crippen LogP contribution in [0.25, 0.3) is 0 Å². The number of piperidine rings is 1. The number of rotatable bonds is 5. The topological polar surface area (TPSA) is 84.4 Å². The predicted octanol–water partition coefficient (Wildman–Crippen LogP) is 5.63. The molecule has 1 aromatic heterocycles. The Labute approximate surface area is 215 Å². The number of halogens is 4. The van der Waals surface area contributed by atoms with E-state index in [0.717, 1.165) is 11.5 Å². The molecular weight excluding hydrogens is 532 g/mol. The van der Waals surface area contributed by atoms with Crippen LogP contribution in [0.3, 0.4) is 0 Å². The molecule has 0 aliphatic carbocycles. The Kier molecular flexibility index (Phi) is 6.88. The number of hydrogen-bond donors (Lipinski definition) is 1. The summed E-state index contributed by atoms with van der Waals surface area (Å²) in [6, 6.07) is 8.10. The maximum atomic E-state index is 14.0. The number of ether oxygens (including phenoxy) is 1. The van der Waals surface area contributed by atoms with E-state index >= 15 is 0 Å². The van der Waals surface area contributed by atoms with E-state index in [2.05, 4.69) is 14.1 Å². The van der Waals surface area contributed by atoms with Crippen molar-refractivity contribution in [3.63, 3.8) is 0 Å². The summed E-state index contributed by atoms with van der Waals surface area (Å²) < 4.78 is 92.7. The lowest BCUT2D eigenvalue weighted by molar-refractivity contribution is -0.192. The molecule has 2 aromatic carbocycles. The number of nitrogens with zero attached hydrogens (tertiary/aromatic N) is 3. The maximum Gasteiger partial charge on any atom is 0.391 e. The number of nitrogens with one attached hydrogen (secondary N) is 1. The van der Waals surface area contributed by atoms with Crippen LogP contribution < -0.4 is 9.46 Å². The Hall–Kier alpha value is -2.77. The number of hydrogen-bond acceptors (Lipinski definition) is 7. The third-order valence-corrected chi connectivity index (χ3v) is 9.01. The number of likely N-dealkylation sites (tertiary alicyclic amines) is 1. The number of sulfonamides is 1. The Morgan fingerprint density at radius 2 is 1.95 bits per heavy atom. The molecule has 0 saturated carbocycles. The normalized spacial score (nSPS) is 22.8. The molecule has 0 amide bonds. The average Bonchev–Trinajstić information content (AvgIpc) is 3.36. The largest absolute Gasteiger partial charge is 0.493 e. The SMILES string of the molecule is Cc1cc([C@@H]2C[C@H](C(F)(F)F)CCN2[C@H]2CCOc3cc(S(=O)(=O)Nc4ncns4)ccc32)ccc1F. The fourth-order valence-electron chi connectivity index (χ4n) is 5.11. The average molecular weight is 557 g/mol. The first kappa shape index (κ1) is 25.9. The van der Waals surface area contributed by atoms with E-state index in [0.29, 0.717) is 28.9 Å². The van der Waals surface area contributed by atoms with E-state index in [9.17, 15) is 26.0 Å². The zero-order chi connectivity index (χ0) is 26.4. The smallest absolute Gasteiger partial charge is 0.391 e. The van der Waals surface area contributed by atoms with Crippen LogP contribution in [0.1, 0.15) is 48.0 Å². The summed E-state index contributed by atoms with van der Waals surface area (Å²) in [5, 5.41) is 0.126. The van der Waals surface area contributed by atoms with Crippen LogP contribution in [0.4, 0.5) is 22.7 Å². The summed E-state index contributed by atoms with van der Waals surface area (Å²) in [5.41, 5.74) is 1.70. The lowest BCUT2D eigenvalue weighted by atomic mass is 9.83. The molecule has 198 valence electrons. The molecule has 7 nitrogen and oxygen atoms in total. The highest BCUT2D eigenvalue weighted by atomic mass is 32.2. The van der Waals surface area contributed by atoms with Crippen LogP contribution in [0.2, 0.25) is 0 Å². The van der Waals surface area contributed by atoms with Gasteiger partial charge in [0.1, 0.15) is 17.9 Å². The molecule has 0 unspecified atom stereocenters. The fraction of sp³-hybridized carbons (Fsp3) is 0.417. The van der Waals surface area contributed by atoms with Crippen molar-refractivity contribution in [2.45, 2.75) is 49.3 Å². The van der Waals surface area contributed by atoms with Crippen molar-refractivity contribution < 1.29 is 30.7 Å². The monoisotopic (exact) mass is 556 g/mol. The van der Waals surface area contributed by atoms with Gasteiger partial charge in [-0.3, -0.25) is 9.62 Å². The van der Waals surface area contributed by atoms with E-state index in [4.69, 9.17) is 4.74 Å². The van der Waals surface area contributed by atoms with Gasteiger partial charge in [0, 0.05) is 41.7 Å². The van der Waals surface area contributed by atoms with Crippen molar-refractivity contribution in [1.29, 1.82) is 0 Å². The van der Waals surface area contributed by atoms with Gasteiger partial charge in [0.25, 0.3) is 10.0 Å². The standard InChI is InChI=1S/C24H24F4N4O3S2/c1-14-10-15(2-5-19(14)25)21-11-16(24(26,27)28)6-8-32(21)20-7-9-35-22-12-17(3-4-18(20)22)37(33,34)31-23-29-13-30-36-23/h2-5,10,12-13,16,20-21H,6-9,11H2,1H3,(H,29,30,31)/t16-,20+,21+/m1/s1. The van der Waals surface area contributed by atoms with E-state index in [1.807, 2.05) is 4.90 Å². The molecule has 2 aliphatic heterocycles. The van der Waals surface area contributed by atoms with Gasteiger partial charge in [0.2, 0.25) is 5.13 Å². The van der Waals surface area contributed by atoms with Crippen molar-refractivity contribution in [1.82, 2.24) is 14.3 Å². The molecule has 5 rings (SSSR count). The summed E-state index contributed by atoms with van der Waals surface area (Å²) in [6.45, 7) is 2.06. The first-order valence-electron chi connectivity index (χ1n) is 11.7. The van der Waals surface area contributed by atoms with Crippen LogP contribution in [-0.2, 0) is 10.0 Å². The number of fused-ring (bicyclic) bond motifs is 1. The van der Waals surface area contributed by atoms with Crippen molar-refractivity contribution >= 4 is 26.7 Å². The molecule has 13 heteroatoms. The minimum atomic E-state index is -4.32. The van der Waals surface area contributed by atoms with Gasteiger partial charge in [-0.05, 0) is 49.6 Å². The summed E-state index contributed by atoms with van der Waals surface area (Å²) >= 11 is 0.901. The molecule has 1 fully saturated rings. The first-order valence-corrected chi connectivity index (χ1v) is 13.9. The highest BCUT2D eigenvalue weighted by molar-refractivity contribution is 7.93. The van der Waals surface area contributed by atoms with Crippen molar-refractivity contribution in [3.8, 4) is 5.75 Å². The quantitative estimate of drug-likeness (QED) is 0.411. The van der Waals surface area contributed by atoms with Crippen LogP contribution in [0.5, 0.6) is 5.75 Å². The first-order chi connectivity index (χ1) is 17.5. The van der Waals surface area contributed by atoms with Gasteiger partial charge in [0.15, 0.2) is 0 Å². The fourth-order valence-corrected chi connectivity index (χ4v) is 6.79. The second kappa shape index (κ2) is 9.84. The number of anilines is 1. The number of alkyl halides is 3. The van der Waals surface area contributed by atoms with Gasteiger partial charge in [-0.25, -0.2) is 17.8 Å². The molecule has 1 N–H and O–H groups in total. The molecule has 3 atom stereocenters. The van der Waals surface area contributed by atoms with E-state index < -0.39 is 34.0 Å². The van der Waals surface area contributed by atoms with Gasteiger partial charge < -0.3 is 4.74 Å². The summed E-state index contributed by atoms with van der Waals surface area (Å²) in [7, 11) is -3.94. The second-order valence-corrected chi connectivity index (χ2v) is 11.7. The summed E-state index contributed by atoms with van der Waals surface area (Å²) in [4.78, 5) is 5.83. The van der Waals surface area contributed by atoms with Crippen LogP contribution in [0, 0.1) is 18.7 Å². The highest BCUT2D eigenvalue weighted by Crippen LogP contribution is 2.48. The lowest BCUT2D eigenvalue weighted by Crippen LogP contribution is -2.44. The molecule has 2 aliphatic rings. The Morgan fingerprint density at radius 1 is 1.14 bits per heavy atom. The third kappa shape index (κ3) is 5.30. The van der Waals surface area contributed by atoms with Crippen molar-refractivity contribution in [3.05, 3.63) is 65.2 Å². The zero-order valence-electron chi connectivity index (χ0n) is 19.7. The molecule has 3 aromatic rings. The minimum Gasteiger partial charge on any atom is -0.493 e. The summed E-state index contributed by atoms with van der Waals surface area (Å²) in [6.07, 6.45) is -2.75. The van der Waals surface area contributed by atoms with Gasteiger partial charge >= 0.3 is 6.18 Å². The van der Waals surface area contributed by atoms with Crippen LogP contribution in [0.15, 0.2) is 47.6 Å². The van der Waals surface area contributed by atoms with Gasteiger partial charge in [-0.1, -0.05) is 18.2 Å². The predicted molar refractivity (Wildman–Crippen MR) is 129 cm³/mol. The van der Waals surface area contributed by atoms with Crippen molar-refractivity contribution in [2.24, 2.45) is 5.92 Å². The Morgan fingerprint density at radius 3 is 2.65 bits per heavy atom. The van der Waals surface area contributed by atoms with Crippen molar-refractivity contribution in [2.75, 3.05) is 17.9 Å². The molecule has 37 heavy (non-hydrogen) atoms. The van der Waals surface area contributed by atoms with Gasteiger partial charge in [-0.15, -0.1) is 0 Å². The molecular formula is C24H24F4N4O3S2. The molecule has 0 bridgehead atoms. The van der Waals surface area contributed by atoms with Gasteiger partial charge in [-0.2, -0.15) is 17.5 Å². The van der Waals surface area contributed by atoms with Gasteiger partial charge in [0.05, 0.1) is 17.4 Å². The Balaban J connectivity index is 1.48. The van der Waals surface area contributed by atoms with Crippen LogP contribution in [-0.4, -0.2) is 42.0 Å². The number of aryl methyl sites for hydroxylation is 1. The lowest BCUT2D eigenvalue weighted by Gasteiger charge is -2.46. The van der Waals surface area contributed by atoms with E-state index in [1.165, 1.54) is 24.5 Å². The van der Waals surface area contributed by atoms with E-state index in [-0.39, 0.29) is 42.1 Å². The summed E-state index contributed by atoms with van der Waals surface area (Å²) in [5.74, 6) is -1.51. The molecule has 0 radical (unpaired) electrons. The second-order valence-electron chi connectivity index (χ2n) is 9.23. The van der Waals surface area contributed by atoms with Crippen LogP contribution >= 0.6 is 11.5 Å². The zero-order valence-corrected chi connectivity index (χ0v) is 21.3. The van der Waals surface area contributed by atoms with E-state index in [1.54, 1.807) is 25.1 Å². The Bertz CT molecular complexity index is 1380. The highest BCUT2D eigenvalue weighted by Gasteiger charge is 2.46.